The van der Waals surface area contributed by atoms with Crippen molar-refractivity contribution in [2.75, 3.05) is 0 Å². The van der Waals surface area contributed by atoms with Crippen molar-refractivity contribution in [2.45, 2.75) is 44.2 Å². The number of carbonyl (C=O) groups is 2. The summed E-state index contributed by atoms with van der Waals surface area (Å²) in [6.45, 7) is 0.214. The maximum absolute atomic E-state index is 13.2. The summed E-state index contributed by atoms with van der Waals surface area (Å²) < 4.78 is 5.64. The monoisotopic (exact) mass is 387 g/mol. The minimum Gasteiger partial charge on any atom is -0.459 e. The number of hydrogen-bond acceptors (Lipinski definition) is 3. The van der Waals surface area contributed by atoms with Crippen LogP contribution in [0.5, 0.6) is 0 Å². The van der Waals surface area contributed by atoms with Crippen LogP contribution < -0.4 is 5.32 Å². The number of ether oxygens (including phenoxy) is 1. The van der Waals surface area contributed by atoms with Crippen molar-refractivity contribution in [3.63, 3.8) is 0 Å². The van der Waals surface area contributed by atoms with E-state index in [1.54, 1.807) is 0 Å². The minimum atomic E-state index is -0.957. The number of amides is 1. The van der Waals surface area contributed by atoms with Crippen LogP contribution in [0.4, 0.5) is 0 Å². The van der Waals surface area contributed by atoms with Gasteiger partial charge in [0.05, 0.1) is 0 Å². The van der Waals surface area contributed by atoms with E-state index in [0.717, 1.165) is 35.6 Å². The molecule has 0 atom stereocenters. The van der Waals surface area contributed by atoms with E-state index in [1.165, 1.54) is 0 Å². The molecule has 148 valence electrons. The lowest BCUT2D eigenvalue weighted by Gasteiger charge is -2.35. The lowest BCUT2D eigenvalue weighted by Crippen LogP contribution is -2.56. The van der Waals surface area contributed by atoms with E-state index < -0.39 is 5.54 Å². The number of esters is 1. The van der Waals surface area contributed by atoms with Crippen LogP contribution in [0.2, 0.25) is 0 Å². The van der Waals surface area contributed by atoms with E-state index in [4.69, 9.17) is 4.74 Å². The summed E-state index contributed by atoms with van der Waals surface area (Å²) in [5, 5.41) is 4.95. The third-order valence-electron chi connectivity index (χ3n) is 5.70. The molecule has 0 radical (unpaired) electrons. The molecule has 4 rings (SSSR count). The van der Waals surface area contributed by atoms with E-state index >= 15 is 0 Å². The first-order valence-corrected chi connectivity index (χ1v) is 10.2. The van der Waals surface area contributed by atoms with E-state index in [9.17, 15) is 9.59 Å². The summed E-state index contributed by atoms with van der Waals surface area (Å²) in [5.41, 5.74) is 0.567. The molecule has 0 spiro atoms. The van der Waals surface area contributed by atoms with E-state index in [2.05, 4.69) is 5.32 Å². The van der Waals surface area contributed by atoms with Crippen molar-refractivity contribution >= 4 is 22.6 Å². The molecule has 1 saturated carbocycles. The second-order valence-corrected chi connectivity index (χ2v) is 7.69. The van der Waals surface area contributed by atoms with Crippen LogP contribution in [0.15, 0.2) is 72.8 Å². The first-order valence-electron chi connectivity index (χ1n) is 10.2. The topological polar surface area (TPSA) is 55.4 Å². The van der Waals surface area contributed by atoms with Crippen molar-refractivity contribution in [3.05, 3.63) is 83.9 Å². The number of carbonyl (C=O) groups excluding carboxylic acids is 2. The van der Waals surface area contributed by atoms with Crippen LogP contribution in [0.1, 0.15) is 48.0 Å². The Hall–Kier alpha value is -3.14. The van der Waals surface area contributed by atoms with Gasteiger partial charge in [0, 0.05) is 5.56 Å². The van der Waals surface area contributed by atoms with Crippen molar-refractivity contribution in [1.29, 1.82) is 0 Å². The number of nitrogens with one attached hydrogen (secondary N) is 1. The van der Waals surface area contributed by atoms with Gasteiger partial charge in [0.15, 0.2) is 0 Å². The van der Waals surface area contributed by atoms with Gasteiger partial charge in [0.2, 0.25) is 0 Å². The van der Waals surface area contributed by atoms with Gasteiger partial charge in [-0.05, 0) is 35.2 Å². The number of fused-ring (bicyclic) bond motifs is 1. The highest BCUT2D eigenvalue weighted by atomic mass is 16.5. The molecule has 3 aromatic rings. The molecule has 0 bridgehead atoms. The smallest absolute Gasteiger partial charge is 0.332 e. The first kappa shape index (κ1) is 19.2. The van der Waals surface area contributed by atoms with Crippen LogP contribution in [0.25, 0.3) is 10.8 Å². The molecule has 0 aliphatic heterocycles. The molecule has 1 aliphatic rings. The predicted octanol–water partition coefficient (Wildman–Crippen LogP) is 5.02. The molecule has 3 aromatic carbocycles. The molecular formula is C25H25NO3. The Labute approximate surface area is 170 Å². The van der Waals surface area contributed by atoms with Crippen molar-refractivity contribution < 1.29 is 14.3 Å². The lowest BCUT2D eigenvalue weighted by molar-refractivity contribution is -0.154. The van der Waals surface area contributed by atoms with Crippen molar-refractivity contribution in [2.24, 2.45) is 0 Å². The largest absolute Gasteiger partial charge is 0.459 e. The molecule has 0 heterocycles. The molecule has 0 aromatic heterocycles. The quantitative estimate of drug-likeness (QED) is 0.626. The van der Waals surface area contributed by atoms with Gasteiger partial charge in [-0.2, -0.15) is 0 Å². The van der Waals surface area contributed by atoms with E-state index in [1.807, 2.05) is 72.8 Å². The zero-order chi connectivity index (χ0) is 20.1. The predicted molar refractivity (Wildman–Crippen MR) is 113 cm³/mol. The van der Waals surface area contributed by atoms with Crippen LogP contribution in [0, 0.1) is 0 Å². The fourth-order valence-corrected chi connectivity index (χ4v) is 4.10. The molecule has 0 unspecified atom stereocenters. The molecule has 1 aliphatic carbocycles. The average Bonchev–Trinajstić information content (AvgIpc) is 2.78. The van der Waals surface area contributed by atoms with Gasteiger partial charge < -0.3 is 10.1 Å². The first-order chi connectivity index (χ1) is 14.2. The molecule has 4 nitrogen and oxygen atoms in total. The van der Waals surface area contributed by atoms with Gasteiger partial charge in [-0.1, -0.05) is 86.0 Å². The Morgan fingerprint density at radius 3 is 2.31 bits per heavy atom. The Morgan fingerprint density at radius 2 is 1.52 bits per heavy atom. The van der Waals surface area contributed by atoms with E-state index in [0.29, 0.717) is 18.4 Å². The summed E-state index contributed by atoms with van der Waals surface area (Å²) in [4.78, 5) is 26.3. The molecule has 1 amide bonds. The standard InChI is InChI=1S/C25H25NO3/c27-23(22-15-9-13-20-12-5-6-14-21(20)22)26-25(16-7-2-8-17-25)24(28)29-18-19-10-3-1-4-11-19/h1,3-6,9-15H,2,7-8,16-18H2,(H,26,27). The summed E-state index contributed by atoms with van der Waals surface area (Å²) in [6.07, 6.45) is 4.08. The molecule has 29 heavy (non-hydrogen) atoms. The third-order valence-corrected chi connectivity index (χ3v) is 5.70. The molecule has 1 N–H and O–H groups in total. The molecule has 0 saturated heterocycles. The van der Waals surface area contributed by atoms with Gasteiger partial charge in [0.1, 0.15) is 12.1 Å². The fourth-order valence-electron chi connectivity index (χ4n) is 4.10. The van der Waals surface area contributed by atoms with Gasteiger partial charge in [0.25, 0.3) is 5.91 Å². The average molecular weight is 387 g/mol. The number of benzene rings is 3. The van der Waals surface area contributed by atoms with Crippen LogP contribution in [0.3, 0.4) is 0 Å². The SMILES string of the molecule is O=C(NC1(C(=O)OCc2ccccc2)CCCCC1)c1cccc2ccccc12. The summed E-state index contributed by atoms with van der Waals surface area (Å²) >= 11 is 0. The van der Waals surface area contributed by atoms with Gasteiger partial charge in [-0.15, -0.1) is 0 Å². The lowest BCUT2D eigenvalue weighted by atomic mass is 9.81. The van der Waals surface area contributed by atoms with Gasteiger partial charge in [-0.25, -0.2) is 4.79 Å². The molecule has 4 heteroatoms. The second kappa shape index (κ2) is 8.48. The third kappa shape index (κ3) is 4.16. The number of rotatable bonds is 5. The summed E-state index contributed by atoms with van der Waals surface area (Å²) in [5.74, 6) is -0.560. The fraction of sp³-hybridized carbons (Fsp3) is 0.280. The summed E-state index contributed by atoms with van der Waals surface area (Å²) in [7, 11) is 0. The normalized spacial score (nSPS) is 15.6. The van der Waals surface area contributed by atoms with Crippen LogP contribution in [-0.4, -0.2) is 17.4 Å². The maximum Gasteiger partial charge on any atom is 0.332 e. The van der Waals surface area contributed by atoms with Crippen LogP contribution >= 0.6 is 0 Å². The Balaban J connectivity index is 1.56. The van der Waals surface area contributed by atoms with E-state index in [-0.39, 0.29) is 18.5 Å². The maximum atomic E-state index is 13.2. The van der Waals surface area contributed by atoms with Gasteiger partial charge in [-0.3, -0.25) is 4.79 Å². The van der Waals surface area contributed by atoms with Crippen molar-refractivity contribution in [3.8, 4) is 0 Å². The Kier molecular flexibility index (Phi) is 5.61. The summed E-state index contributed by atoms with van der Waals surface area (Å²) in [6, 6.07) is 23.1. The number of hydrogen-bond donors (Lipinski definition) is 1. The highest BCUT2D eigenvalue weighted by molar-refractivity contribution is 6.08. The molecular weight excluding hydrogens is 362 g/mol. The highest BCUT2D eigenvalue weighted by Crippen LogP contribution is 2.31. The highest BCUT2D eigenvalue weighted by Gasteiger charge is 2.42. The van der Waals surface area contributed by atoms with Gasteiger partial charge >= 0.3 is 5.97 Å². The zero-order valence-electron chi connectivity index (χ0n) is 16.4. The minimum absolute atomic E-state index is 0.214. The Bertz CT molecular complexity index is 1000. The molecule has 1 fully saturated rings. The Morgan fingerprint density at radius 1 is 0.828 bits per heavy atom. The second-order valence-electron chi connectivity index (χ2n) is 7.69. The van der Waals surface area contributed by atoms with Crippen LogP contribution in [-0.2, 0) is 16.1 Å². The van der Waals surface area contributed by atoms with Crippen molar-refractivity contribution in [1.82, 2.24) is 5.32 Å². The zero-order valence-corrected chi connectivity index (χ0v) is 16.4.